The average Bonchev–Trinajstić information content (AvgIpc) is 2.26. The Labute approximate surface area is 106 Å². The van der Waals surface area contributed by atoms with E-state index in [1.807, 2.05) is 31.2 Å². The smallest absolute Gasteiger partial charge is 0.269 e. The Kier molecular flexibility index (Phi) is 3.28. The second-order valence-corrected chi connectivity index (χ2v) is 4.61. The zero-order valence-corrected chi connectivity index (χ0v) is 10.8. The molecule has 17 heavy (non-hydrogen) atoms. The molecule has 0 aliphatic carbocycles. The van der Waals surface area contributed by atoms with Crippen LogP contribution in [0.1, 0.15) is 17.0 Å². The SMILES string of the molecule is Cc1cccc(Cc2nc(O)c(Br)c(=O)[nH]2)c1. The van der Waals surface area contributed by atoms with Gasteiger partial charge in [0.15, 0.2) is 0 Å². The molecular formula is C12H11BrN2O2. The molecule has 0 saturated heterocycles. The van der Waals surface area contributed by atoms with Crippen molar-refractivity contribution in [2.24, 2.45) is 0 Å². The number of H-pyrrole nitrogens is 1. The van der Waals surface area contributed by atoms with Crippen LogP contribution in [-0.2, 0) is 6.42 Å². The average molecular weight is 295 g/mol. The number of nitrogens with zero attached hydrogens (tertiary/aromatic N) is 1. The molecular weight excluding hydrogens is 284 g/mol. The van der Waals surface area contributed by atoms with Crippen molar-refractivity contribution in [1.29, 1.82) is 0 Å². The molecule has 0 spiro atoms. The van der Waals surface area contributed by atoms with Gasteiger partial charge in [-0.25, -0.2) is 0 Å². The molecule has 0 saturated carbocycles. The molecule has 4 nitrogen and oxygen atoms in total. The normalized spacial score (nSPS) is 10.5. The summed E-state index contributed by atoms with van der Waals surface area (Å²) in [7, 11) is 0. The molecule has 1 heterocycles. The Balaban J connectivity index is 2.34. The van der Waals surface area contributed by atoms with Gasteiger partial charge >= 0.3 is 0 Å². The highest BCUT2D eigenvalue weighted by atomic mass is 79.9. The van der Waals surface area contributed by atoms with Crippen LogP contribution in [0.2, 0.25) is 0 Å². The predicted molar refractivity (Wildman–Crippen MR) is 68.2 cm³/mol. The van der Waals surface area contributed by atoms with Crippen molar-refractivity contribution >= 4 is 15.9 Å². The maximum absolute atomic E-state index is 11.4. The molecule has 0 radical (unpaired) electrons. The standard InChI is InChI=1S/C12H11BrN2O2/c1-7-3-2-4-8(5-7)6-9-14-11(16)10(13)12(17)15-9/h2-5H,6H2,1H3,(H2,14,15,16,17). The maximum atomic E-state index is 11.4. The molecule has 2 aromatic rings. The fourth-order valence-corrected chi connectivity index (χ4v) is 1.78. The second-order valence-electron chi connectivity index (χ2n) is 3.82. The summed E-state index contributed by atoms with van der Waals surface area (Å²) in [6.45, 7) is 2.00. The first-order valence-corrected chi connectivity index (χ1v) is 5.89. The number of benzene rings is 1. The Bertz CT molecular complexity index is 608. The number of hydrogen-bond donors (Lipinski definition) is 2. The fourth-order valence-electron chi connectivity index (χ4n) is 1.59. The van der Waals surface area contributed by atoms with E-state index in [4.69, 9.17) is 0 Å². The van der Waals surface area contributed by atoms with Crippen LogP contribution in [0.5, 0.6) is 5.88 Å². The van der Waals surface area contributed by atoms with Crippen LogP contribution in [0.25, 0.3) is 0 Å². The van der Waals surface area contributed by atoms with Crippen LogP contribution in [0.4, 0.5) is 0 Å². The van der Waals surface area contributed by atoms with E-state index >= 15 is 0 Å². The topological polar surface area (TPSA) is 66.0 Å². The number of halogens is 1. The molecule has 2 rings (SSSR count). The van der Waals surface area contributed by atoms with E-state index in [1.165, 1.54) is 0 Å². The van der Waals surface area contributed by atoms with Crippen LogP contribution in [0, 0.1) is 6.92 Å². The molecule has 0 aliphatic heterocycles. The Morgan fingerprint density at radius 2 is 2.24 bits per heavy atom. The zero-order chi connectivity index (χ0) is 12.4. The van der Waals surface area contributed by atoms with Gasteiger partial charge in [0.1, 0.15) is 10.3 Å². The lowest BCUT2D eigenvalue weighted by atomic mass is 10.1. The third kappa shape index (κ3) is 2.74. The van der Waals surface area contributed by atoms with Gasteiger partial charge in [0, 0.05) is 6.42 Å². The van der Waals surface area contributed by atoms with Crippen LogP contribution in [0.3, 0.4) is 0 Å². The highest BCUT2D eigenvalue weighted by Gasteiger charge is 2.07. The van der Waals surface area contributed by atoms with Gasteiger partial charge < -0.3 is 10.1 Å². The Morgan fingerprint density at radius 1 is 1.47 bits per heavy atom. The van der Waals surface area contributed by atoms with Gasteiger partial charge in [-0.3, -0.25) is 4.79 Å². The minimum atomic E-state index is -0.375. The summed E-state index contributed by atoms with van der Waals surface area (Å²) >= 11 is 2.95. The molecule has 0 atom stereocenters. The lowest BCUT2D eigenvalue weighted by Gasteiger charge is -2.03. The molecule has 1 aromatic carbocycles. The number of rotatable bonds is 2. The number of aromatic amines is 1. The monoisotopic (exact) mass is 294 g/mol. The van der Waals surface area contributed by atoms with Gasteiger partial charge in [0.25, 0.3) is 5.56 Å². The van der Waals surface area contributed by atoms with Crippen molar-refractivity contribution < 1.29 is 5.11 Å². The predicted octanol–water partition coefficient (Wildman–Crippen LogP) is 2.14. The van der Waals surface area contributed by atoms with Gasteiger partial charge in [-0.2, -0.15) is 4.98 Å². The van der Waals surface area contributed by atoms with Crippen molar-refractivity contribution in [3.63, 3.8) is 0 Å². The number of aromatic hydroxyl groups is 1. The molecule has 0 unspecified atom stereocenters. The lowest BCUT2D eigenvalue weighted by Crippen LogP contribution is -2.12. The lowest BCUT2D eigenvalue weighted by molar-refractivity contribution is 0.444. The maximum Gasteiger partial charge on any atom is 0.269 e. The molecule has 5 heteroatoms. The highest BCUT2D eigenvalue weighted by molar-refractivity contribution is 9.10. The third-order valence-corrected chi connectivity index (χ3v) is 3.06. The van der Waals surface area contributed by atoms with Crippen LogP contribution < -0.4 is 5.56 Å². The van der Waals surface area contributed by atoms with E-state index in [2.05, 4.69) is 25.9 Å². The minimum absolute atomic E-state index is 0.0606. The van der Waals surface area contributed by atoms with Crippen LogP contribution >= 0.6 is 15.9 Å². The molecule has 0 aliphatic rings. The number of nitrogens with one attached hydrogen (secondary N) is 1. The van der Waals surface area contributed by atoms with E-state index in [-0.39, 0.29) is 15.9 Å². The largest absolute Gasteiger partial charge is 0.492 e. The summed E-state index contributed by atoms with van der Waals surface area (Å²) in [5.41, 5.74) is 1.81. The van der Waals surface area contributed by atoms with Crippen LogP contribution in [0.15, 0.2) is 33.5 Å². The van der Waals surface area contributed by atoms with E-state index < -0.39 is 0 Å². The van der Waals surface area contributed by atoms with E-state index in [9.17, 15) is 9.90 Å². The van der Waals surface area contributed by atoms with Crippen molar-refractivity contribution in [3.05, 3.63) is 56.0 Å². The second kappa shape index (κ2) is 4.71. The minimum Gasteiger partial charge on any atom is -0.492 e. The molecule has 0 bridgehead atoms. The van der Waals surface area contributed by atoms with Gasteiger partial charge in [-0.05, 0) is 28.4 Å². The number of aromatic nitrogens is 2. The quantitative estimate of drug-likeness (QED) is 0.892. The molecule has 2 N–H and O–H groups in total. The summed E-state index contributed by atoms with van der Waals surface area (Å²) < 4.78 is 0.0606. The van der Waals surface area contributed by atoms with E-state index in [1.54, 1.807) is 0 Å². The van der Waals surface area contributed by atoms with E-state index in [0.29, 0.717) is 12.2 Å². The summed E-state index contributed by atoms with van der Waals surface area (Å²) in [6, 6.07) is 7.91. The summed E-state index contributed by atoms with van der Waals surface area (Å²) in [4.78, 5) is 17.9. The van der Waals surface area contributed by atoms with Gasteiger partial charge in [-0.1, -0.05) is 29.8 Å². The summed E-state index contributed by atoms with van der Waals surface area (Å²) in [5.74, 6) is 0.165. The number of aryl methyl sites for hydroxylation is 1. The van der Waals surface area contributed by atoms with Gasteiger partial charge in [-0.15, -0.1) is 0 Å². The Morgan fingerprint density at radius 3 is 2.88 bits per heavy atom. The summed E-state index contributed by atoms with van der Waals surface area (Å²) in [6.07, 6.45) is 0.484. The first-order valence-electron chi connectivity index (χ1n) is 5.09. The molecule has 0 fully saturated rings. The molecule has 0 amide bonds. The van der Waals surface area contributed by atoms with Crippen molar-refractivity contribution in [1.82, 2.24) is 9.97 Å². The zero-order valence-electron chi connectivity index (χ0n) is 9.20. The van der Waals surface area contributed by atoms with Gasteiger partial charge in [0.2, 0.25) is 5.88 Å². The van der Waals surface area contributed by atoms with Crippen LogP contribution in [-0.4, -0.2) is 15.1 Å². The summed E-state index contributed by atoms with van der Waals surface area (Å²) in [5, 5.41) is 9.44. The molecule has 88 valence electrons. The highest BCUT2D eigenvalue weighted by Crippen LogP contribution is 2.16. The van der Waals surface area contributed by atoms with Crippen molar-refractivity contribution in [3.8, 4) is 5.88 Å². The number of hydrogen-bond acceptors (Lipinski definition) is 3. The van der Waals surface area contributed by atoms with E-state index in [0.717, 1.165) is 11.1 Å². The fraction of sp³-hybridized carbons (Fsp3) is 0.167. The Hall–Kier alpha value is -1.62. The van der Waals surface area contributed by atoms with Crippen molar-refractivity contribution in [2.45, 2.75) is 13.3 Å². The third-order valence-electron chi connectivity index (χ3n) is 2.35. The molecule has 1 aromatic heterocycles. The first kappa shape index (κ1) is 11.9. The van der Waals surface area contributed by atoms with Crippen molar-refractivity contribution in [2.75, 3.05) is 0 Å². The van der Waals surface area contributed by atoms with Gasteiger partial charge in [0.05, 0.1) is 0 Å². The first-order chi connectivity index (χ1) is 8.06.